The second kappa shape index (κ2) is 10.3. The quantitative estimate of drug-likeness (QED) is 0.472. The number of halogens is 1. The van der Waals surface area contributed by atoms with Crippen LogP contribution in [0.1, 0.15) is 37.3 Å². The molecule has 0 radical (unpaired) electrons. The molecule has 9 heteroatoms. The van der Waals surface area contributed by atoms with E-state index in [9.17, 15) is 19.5 Å². The van der Waals surface area contributed by atoms with Crippen LogP contribution < -0.4 is 10.6 Å². The molecule has 3 amide bonds. The van der Waals surface area contributed by atoms with Gasteiger partial charge in [0.25, 0.3) is 0 Å². The van der Waals surface area contributed by atoms with E-state index >= 15 is 0 Å². The van der Waals surface area contributed by atoms with E-state index < -0.39 is 28.7 Å². The molecular formula is C28H32ClN3O4S. The normalized spacial score (nSPS) is 28.8. The lowest BCUT2D eigenvalue weighted by Gasteiger charge is -2.36. The number of para-hydroxylation sites is 1. The van der Waals surface area contributed by atoms with Crippen LogP contribution in [0.25, 0.3) is 0 Å². The first-order valence-electron chi connectivity index (χ1n) is 12.8. The third kappa shape index (κ3) is 4.33. The summed E-state index contributed by atoms with van der Waals surface area (Å²) in [6, 6.07) is 13.8. The lowest BCUT2D eigenvalue weighted by molar-refractivity contribution is -0.142. The van der Waals surface area contributed by atoms with Crippen molar-refractivity contribution >= 4 is 46.8 Å². The van der Waals surface area contributed by atoms with Crippen LogP contribution in [0.2, 0.25) is 5.02 Å². The van der Waals surface area contributed by atoms with Gasteiger partial charge in [-0.3, -0.25) is 14.4 Å². The second-order valence-electron chi connectivity index (χ2n) is 10.2. The molecule has 5 rings (SSSR count). The standard InChI is InChI=1S/C28H32ClN3O4S/c1-3-18(15-33)32-24(26(35)31-23-16(2)8-7-11-19(23)29)28-13-12-20(37-28)21(22(28)27(32)36)25(34)30-14-17-9-5-4-6-10-17/h4-11,18,20-22,24,33H,3,12-15H2,1-2H3,(H,30,34)(H,31,35)/t18-,20-,21+,22-,24?,28?/m0/s1. The Bertz CT molecular complexity index is 1190. The SMILES string of the molecule is CC[C@@H](CO)N1C(=O)[C@@H]2[C@H](C(=O)NCc3ccccc3)[C@@H]3CCC2(S3)C1C(=O)Nc1c(C)cccc1Cl. The summed E-state index contributed by atoms with van der Waals surface area (Å²) in [4.78, 5) is 43.1. The number of anilines is 1. The number of benzene rings is 2. The van der Waals surface area contributed by atoms with Crippen molar-refractivity contribution in [3.8, 4) is 0 Å². The number of aryl methyl sites for hydroxylation is 1. The Morgan fingerprint density at radius 2 is 1.95 bits per heavy atom. The van der Waals surface area contributed by atoms with Gasteiger partial charge in [-0.2, -0.15) is 0 Å². The van der Waals surface area contributed by atoms with Gasteiger partial charge in [-0.05, 0) is 43.4 Å². The highest BCUT2D eigenvalue weighted by Gasteiger charge is 2.74. The van der Waals surface area contributed by atoms with Crippen molar-refractivity contribution in [3.05, 3.63) is 64.7 Å². The average molecular weight is 542 g/mol. The van der Waals surface area contributed by atoms with Crippen molar-refractivity contribution in [2.45, 2.75) is 61.7 Å². The monoisotopic (exact) mass is 541 g/mol. The van der Waals surface area contributed by atoms with E-state index in [1.165, 1.54) is 0 Å². The van der Waals surface area contributed by atoms with Crippen LogP contribution in [-0.4, -0.2) is 56.4 Å². The Hall–Kier alpha value is -2.55. The van der Waals surface area contributed by atoms with Crippen LogP contribution >= 0.6 is 23.4 Å². The first kappa shape index (κ1) is 26.1. The molecule has 3 heterocycles. The van der Waals surface area contributed by atoms with E-state index in [4.69, 9.17) is 11.6 Å². The topological polar surface area (TPSA) is 98.7 Å². The highest BCUT2D eigenvalue weighted by atomic mass is 35.5. The molecule has 3 aliphatic heterocycles. The second-order valence-corrected chi connectivity index (χ2v) is 12.2. The fraction of sp³-hybridized carbons (Fsp3) is 0.464. The molecule has 37 heavy (non-hydrogen) atoms. The van der Waals surface area contributed by atoms with E-state index in [0.29, 0.717) is 30.1 Å². The van der Waals surface area contributed by atoms with Gasteiger partial charge in [0.05, 0.1) is 39.9 Å². The van der Waals surface area contributed by atoms with E-state index in [1.807, 2.05) is 56.3 Å². The Labute approximate surface area is 226 Å². The predicted octanol–water partition coefficient (Wildman–Crippen LogP) is 3.77. The molecule has 0 aromatic heterocycles. The average Bonchev–Trinajstić information content (AvgIpc) is 3.54. The maximum atomic E-state index is 14.0. The highest BCUT2D eigenvalue weighted by molar-refractivity contribution is 8.02. The van der Waals surface area contributed by atoms with Crippen LogP contribution in [0.4, 0.5) is 5.69 Å². The van der Waals surface area contributed by atoms with E-state index in [2.05, 4.69) is 10.6 Å². The van der Waals surface area contributed by atoms with Gasteiger partial charge in [-0.15, -0.1) is 11.8 Å². The van der Waals surface area contributed by atoms with E-state index in [-0.39, 0.29) is 29.6 Å². The lowest BCUT2D eigenvalue weighted by Crippen LogP contribution is -2.54. The van der Waals surface area contributed by atoms with Gasteiger partial charge < -0.3 is 20.6 Å². The molecule has 3 N–H and O–H groups in total. The zero-order valence-electron chi connectivity index (χ0n) is 20.9. The number of fused-ring (bicyclic) bond motifs is 1. The number of aliphatic hydroxyl groups excluding tert-OH is 1. The molecule has 3 fully saturated rings. The third-order valence-electron chi connectivity index (χ3n) is 8.14. The molecule has 3 aliphatic rings. The molecule has 7 nitrogen and oxygen atoms in total. The molecule has 2 bridgehead atoms. The van der Waals surface area contributed by atoms with Crippen molar-refractivity contribution in [1.29, 1.82) is 0 Å². The number of amides is 3. The first-order chi connectivity index (χ1) is 17.8. The summed E-state index contributed by atoms with van der Waals surface area (Å²) in [5, 5.41) is 16.6. The molecule has 0 saturated carbocycles. The van der Waals surface area contributed by atoms with E-state index in [1.54, 1.807) is 22.7 Å². The molecule has 2 aromatic carbocycles. The minimum absolute atomic E-state index is 0.0292. The summed E-state index contributed by atoms with van der Waals surface area (Å²) in [5.74, 6) is -1.82. The van der Waals surface area contributed by atoms with Crippen molar-refractivity contribution in [2.24, 2.45) is 11.8 Å². The summed E-state index contributed by atoms with van der Waals surface area (Å²) in [6.45, 7) is 3.89. The Morgan fingerprint density at radius 1 is 1.19 bits per heavy atom. The number of hydrogen-bond donors (Lipinski definition) is 3. The summed E-state index contributed by atoms with van der Waals surface area (Å²) in [5.41, 5.74) is 2.33. The summed E-state index contributed by atoms with van der Waals surface area (Å²) >= 11 is 8.02. The van der Waals surface area contributed by atoms with Crippen LogP contribution in [0.15, 0.2) is 48.5 Å². The maximum Gasteiger partial charge on any atom is 0.248 e. The number of likely N-dealkylation sites (tertiary alicyclic amines) is 1. The summed E-state index contributed by atoms with van der Waals surface area (Å²) < 4.78 is -0.724. The molecule has 2 unspecified atom stereocenters. The van der Waals surface area contributed by atoms with E-state index in [0.717, 1.165) is 17.5 Å². The van der Waals surface area contributed by atoms with Gasteiger partial charge in [0.15, 0.2) is 0 Å². The van der Waals surface area contributed by atoms with Crippen molar-refractivity contribution in [3.63, 3.8) is 0 Å². The number of carbonyl (C=O) groups is 3. The molecule has 6 atom stereocenters. The Kier molecular flexibility index (Phi) is 7.27. The van der Waals surface area contributed by atoms with Crippen LogP contribution in [0.5, 0.6) is 0 Å². The van der Waals surface area contributed by atoms with Gasteiger partial charge in [-0.25, -0.2) is 0 Å². The van der Waals surface area contributed by atoms with Gasteiger partial charge in [0.1, 0.15) is 6.04 Å². The number of nitrogens with one attached hydrogen (secondary N) is 2. The number of thioether (sulfide) groups is 1. The smallest absolute Gasteiger partial charge is 0.248 e. The van der Waals surface area contributed by atoms with Crippen LogP contribution in [0, 0.1) is 18.8 Å². The van der Waals surface area contributed by atoms with Crippen LogP contribution in [0.3, 0.4) is 0 Å². The number of hydrogen-bond acceptors (Lipinski definition) is 5. The molecular weight excluding hydrogens is 510 g/mol. The van der Waals surface area contributed by atoms with Gasteiger partial charge in [0.2, 0.25) is 17.7 Å². The maximum absolute atomic E-state index is 14.0. The minimum atomic E-state index is -0.806. The molecule has 2 aromatic rings. The fourth-order valence-corrected chi connectivity index (χ4v) is 8.86. The molecule has 1 spiro atoms. The largest absolute Gasteiger partial charge is 0.394 e. The van der Waals surface area contributed by atoms with Crippen LogP contribution in [-0.2, 0) is 20.9 Å². The van der Waals surface area contributed by atoms with Gasteiger partial charge in [-0.1, -0.05) is 61.0 Å². The number of carbonyl (C=O) groups excluding carboxylic acids is 3. The van der Waals surface area contributed by atoms with Gasteiger partial charge >= 0.3 is 0 Å². The highest BCUT2D eigenvalue weighted by Crippen LogP contribution is 2.66. The molecule has 0 aliphatic carbocycles. The molecule has 3 saturated heterocycles. The minimum Gasteiger partial charge on any atom is -0.394 e. The van der Waals surface area contributed by atoms with Crippen molar-refractivity contribution in [2.75, 3.05) is 11.9 Å². The predicted molar refractivity (Wildman–Crippen MR) is 145 cm³/mol. The Balaban J connectivity index is 1.47. The number of aliphatic hydroxyl groups is 1. The molecule has 196 valence electrons. The number of nitrogens with zero attached hydrogens (tertiary/aromatic N) is 1. The zero-order chi connectivity index (χ0) is 26.3. The third-order valence-corrected chi connectivity index (χ3v) is 10.4. The summed E-state index contributed by atoms with van der Waals surface area (Å²) in [7, 11) is 0. The van der Waals surface area contributed by atoms with Crippen molar-refractivity contribution in [1.82, 2.24) is 10.2 Å². The number of rotatable bonds is 8. The Morgan fingerprint density at radius 3 is 2.62 bits per heavy atom. The van der Waals surface area contributed by atoms with Gasteiger partial charge in [0, 0.05) is 11.8 Å². The van der Waals surface area contributed by atoms with Crippen molar-refractivity contribution < 1.29 is 19.5 Å². The zero-order valence-corrected chi connectivity index (χ0v) is 22.5. The first-order valence-corrected chi connectivity index (χ1v) is 14.1. The lowest BCUT2D eigenvalue weighted by atomic mass is 9.70. The summed E-state index contributed by atoms with van der Waals surface area (Å²) in [6.07, 6.45) is 1.93. The fourth-order valence-electron chi connectivity index (χ4n) is 6.38.